The molecule has 244 valence electrons. The molecule has 0 aliphatic carbocycles. The second-order valence-corrected chi connectivity index (χ2v) is 10.4. The molecule has 0 radical (unpaired) electrons. The zero-order chi connectivity index (χ0) is 32.7. The van der Waals surface area contributed by atoms with Gasteiger partial charge in [-0.05, 0) is 25.1 Å². The quantitative estimate of drug-likeness (QED) is 0.476. The van der Waals surface area contributed by atoms with Crippen molar-refractivity contribution in [1.82, 2.24) is 19.9 Å². The predicted molar refractivity (Wildman–Crippen MR) is 142 cm³/mol. The second kappa shape index (κ2) is 14.3. The molecule has 1 unspecified atom stereocenters. The first-order valence-electron chi connectivity index (χ1n) is 13.2. The van der Waals surface area contributed by atoms with Gasteiger partial charge in [0, 0.05) is 52.0 Å². The number of rotatable bonds is 4. The number of alkyl halides is 6. The molecule has 2 fully saturated rings. The number of carboxylic acid groups (broad SMARTS) is 2. The van der Waals surface area contributed by atoms with Gasteiger partial charge in [-0.25, -0.2) is 24.5 Å². The van der Waals surface area contributed by atoms with Gasteiger partial charge in [-0.2, -0.15) is 26.3 Å². The van der Waals surface area contributed by atoms with Crippen LogP contribution < -0.4 is 9.80 Å². The summed E-state index contributed by atoms with van der Waals surface area (Å²) in [5.74, 6) is -3.69. The Kier molecular flexibility index (Phi) is 11.3. The number of aliphatic carboxylic acids is 2. The van der Waals surface area contributed by atoms with Crippen LogP contribution in [0.4, 0.5) is 38.1 Å². The number of anilines is 2. The van der Waals surface area contributed by atoms with Gasteiger partial charge in [0.15, 0.2) is 0 Å². The van der Waals surface area contributed by atoms with E-state index in [2.05, 4.69) is 33.0 Å². The number of likely N-dealkylation sites (tertiary alicyclic amines) is 1. The number of hydrogen-bond acceptors (Lipinski definition) is 10. The summed E-state index contributed by atoms with van der Waals surface area (Å²) in [4.78, 5) is 38.9. The zero-order valence-electron chi connectivity index (χ0n) is 23.9. The van der Waals surface area contributed by atoms with Crippen LogP contribution >= 0.6 is 0 Å². The van der Waals surface area contributed by atoms with E-state index in [1.165, 1.54) is 5.69 Å². The zero-order valence-corrected chi connectivity index (χ0v) is 23.9. The lowest BCUT2D eigenvalue weighted by atomic mass is 9.80. The highest BCUT2D eigenvalue weighted by molar-refractivity contribution is 5.73. The van der Waals surface area contributed by atoms with Crippen molar-refractivity contribution < 1.29 is 55.6 Å². The summed E-state index contributed by atoms with van der Waals surface area (Å²) >= 11 is 0. The third-order valence-corrected chi connectivity index (χ3v) is 6.82. The maximum Gasteiger partial charge on any atom is 0.490 e. The van der Waals surface area contributed by atoms with Crippen molar-refractivity contribution in [2.75, 3.05) is 69.9 Å². The first-order valence-corrected chi connectivity index (χ1v) is 13.2. The Morgan fingerprint density at radius 1 is 0.977 bits per heavy atom. The van der Waals surface area contributed by atoms with E-state index < -0.39 is 24.3 Å². The van der Waals surface area contributed by atoms with Gasteiger partial charge >= 0.3 is 24.3 Å². The van der Waals surface area contributed by atoms with Crippen LogP contribution in [0.15, 0.2) is 24.4 Å². The average molecular weight is 639 g/mol. The molecule has 5 rings (SSSR count). The Labute approximate surface area is 248 Å². The smallest absolute Gasteiger partial charge is 0.475 e. The maximum atomic E-state index is 10.6. The van der Waals surface area contributed by atoms with Crippen molar-refractivity contribution in [2.45, 2.75) is 37.3 Å². The van der Waals surface area contributed by atoms with E-state index in [0.29, 0.717) is 6.61 Å². The molecule has 44 heavy (non-hydrogen) atoms. The number of halogens is 6. The number of aromatic nitrogens is 3. The number of carboxylic acids is 2. The summed E-state index contributed by atoms with van der Waals surface area (Å²) in [5.41, 5.74) is 3.36. The SMILES string of the molecule is CN(C)c1ncc2c(n1)C1(CCN(Cc3cccc(N4CCOCC4)n3)C1)COC2.O=C(O)C(F)(F)F.O=C(O)C(F)(F)F. The lowest BCUT2D eigenvalue weighted by Crippen LogP contribution is -2.40. The first kappa shape index (κ1) is 34.7. The molecule has 2 aromatic heterocycles. The van der Waals surface area contributed by atoms with Gasteiger partial charge in [0.25, 0.3) is 0 Å². The fourth-order valence-electron chi connectivity index (χ4n) is 4.76. The van der Waals surface area contributed by atoms with Crippen LogP contribution in [0.2, 0.25) is 0 Å². The molecule has 3 aliphatic rings. The second-order valence-electron chi connectivity index (χ2n) is 10.4. The molecule has 18 heteroatoms. The molecular formula is C26H32F6N6O6. The number of pyridine rings is 1. The number of nitrogens with zero attached hydrogens (tertiary/aromatic N) is 6. The van der Waals surface area contributed by atoms with Gasteiger partial charge in [-0.1, -0.05) is 6.07 Å². The maximum absolute atomic E-state index is 10.6. The summed E-state index contributed by atoms with van der Waals surface area (Å²) in [6.45, 7) is 7.50. The number of fused-ring (bicyclic) bond motifs is 2. The highest BCUT2D eigenvalue weighted by Crippen LogP contribution is 2.39. The van der Waals surface area contributed by atoms with Crippen LogP contribution in [0.5, 0.6) is 0 Å². The van der Waals surface area contributed by atoms with Crippen molar-refractivity contribution >= 4 is 23.7 Å². The predicted octanol–water partition coefficient (Wildman–Crippen LogP) is 2.71. The minimum absolute atomic E-state index is 0.0525. The third kappa shape index (κ3) is 9.36. The van der Waals surface area contributed by atoms with Crippen molar-refractivity contribution in [3.05, 3.63) is 41.3 Å². The van der Waals surface area contributed by atoms with E-state index >= 15 is 0 Å². The van der Waals surface area contributed by atoms with Crippen LogP contribution in [0.1, 0.15) is 23.4 Å². The Balaban J connectivity index is 0.000000317. The van der Waals surface area contributed by atoms with E-state index in [-0.39, 0.29) is 5.41 Å². The number of morpholine rings is 1. The molecular weight excluding hydrogens is 606 g/mol. The third-order valence-electron chi connectivity index (χ3n) is 6.82. The van der Waals surface area contributed by atoms with Crippen molar-refractivity contribution in [3.8, 4) is 0 Å². The van der Waals surface area contributed by atoms with E-state index in [1.807, 2.05) is 25.2 Å². The highest BCUT2D eigenvalue weighted by Gasteiger charge is 2.45. The topological polar surface area (TPSA) is 141 Å². The Bertz CT molecular complexity index is 1270. The fraction of sp³-hybridized carbons (Fsp3) is 0.577. The normalized spacial score (nSPS) is 20.1. The molecule has 2 aromatic rings. The van der Waals surface area contributed by atoms with Crippen LogP contribution in [0.3, 0.4) is 0 Å². The summed E-state index contributed by atoms with van der Waals surface area (Å²) in [6, 6.07) is 6.35. The minimum Gasteiger partial charge on any atom is -0.475 e. The standard InChI is InChI=1S/C22H30N6O2.2C2HF3O2/c1-26(2)21-23-12-17-14-30-16-22(20(17)25-21)6-7-27(15-22)13-18-4-3-5-19(24-18)28-8-10-29-11-9-28;2*3-2(4,5)1(6)7/h3-5,12H,6-11,13-16H2,1-2H3;2*(H,6,7). The van der Waals surface area contributed by atoms with E-state index in [9.17, 15) is 26.3 Å². The van der Waals surface area contributed by atoms with E-state index in [0.717, 1.165) is 82.0 Å². The summed E-state index contributed by atoms with van der Waals surface area (Å²) in [7, 11) is 3.98. The largest absolute Gasteiger partial charge is 0.490 e. The molecule has 1 spiro atoms. The monoisotopic (exact) mass is 638 g/mol. The molecule has 0 saturated carbocycles. The minimum atomic E-state index is -5.08. The number of hydrogen-bond donors (Lipinski definition) is 2. The molecule has 5 heterocycles. The van der Waals surface area contributed by atoms with Crippen molar-refractivity contribution in [2.24, 2.45) is 0 Å². The summed E-state index contributed by atoms with van der Waals surface area (Å²) < 4.78 is 74.9. The van der Waals surface area contributed by atoms with Gasteiger partial charge in [0.05, 0.1) is 43.2 Å². The van der Waals surface area contributed by atoms with Crippen LogP contribution in [0, 0.1) is 0 Å². The van der Waals surface area contributed by atoms with E-state index in [1.54, 1.807) is 0 Å². The molecule has 1 atom stereocenters. The van der Waals surface area contributed by atoms with E-state index in [4.69, 9.17) is 39.2 Å². The Hall–Kier alpha value is -3.77. The lowest BCUT2D eigenvalue weighted by Gasteiger charge is -2.35. The molecule has 0 amide bonds. The Morgan fingerprint density at radius 3 is 2.16 bits per heavy atom. The van der Waals surface area contributed by atoms with Crippen molar-refractivity contribution in [1.29, 1.82) is 0 Å². The molecule has 2 N–H and O–H groups in total. The van der Waals surface area contributed by atoms with Crippen LogP contribution in [-0.4, -0.2) is 114 Å². The average Bonchev–Trinajstić information content (AvgIpc) is 3.35. The molecule has 3 aliphatic heterocycles. The summed E-state index contributed by atoms with van der Waals surface area (Å²) in [5, 5.41) is 14.2. The van der Waals surface area contributed by atoms with Gasteiger partial charge < -0.3 is 29.5 Å². The molecule has 2 saturated heterocycles. The van der Waals surface area contributed by atoms with Crippen LogP contribution in [-0.2, 0) is 37.6 Å². The number of ether oxygens (including phenoxy) is 2. The van der Waals surface area contributed by atoms with Gasteiger partial charge in [0.2, 0.25) is 5.95 Å². The van der Waals surface area contributed by atoms with Gasteiger partial charge in [-0.3, -0.25) is 4.90 Å². The van der Waals surface area contributed by atoms with Gasteiger partial charge in [-0.15, -0.1) is 0 Å². The fourth-order valence-corrected chi connectivity index (χ4v) is 4.76. The molecule has 0 aromatic carbocycles. The van der Waals surface area contributed by atoms with Gasteiger partial charge in [0.1, 0.15) is 5.82 Å². The molecule has 12 nitrogen and oxygen atoms in total. The van der Waals surface area contributed by atoms with Crippen LogP contribution in [0.25, 0.3) is 0 Å². The van der Waals surface area contributed by atoms with Crippen molar-refractivity contribution in [3.63, 3.8) is 0 Å². The highest BCUT2D eigenvalue weighted by atomic mass is 19.4. The summed E-state index contributed by atoms with van der Waals surface area (Å²) in [6.07, 6.45) is -7.18. The first-order chi connectivity index (χ1) is 20.5. The lowest BCUT2D eigenvalue weighted by molar-refractivity contribution is -0.193. The number of carbonyl (C=O) groups is 2. The molecule has 0 bridgehead atoms. The Morgan fingerprint density at radius 2 is 1.59 bits per heavy atom.